The van der Waals surface area contributed by atoms with E-state index in [0.717, 1.165) is 21.5 Å². The van der Waals surface area contributed by atoms with Gasteiger partial charge in [0.25, 0.3) is 5.89 Å². The van der Waals surface area contributed by atoms with Crippen molar-refractivity contribution in [1.82, 2.24) is 19.9 Å². The lowest BCUT2D eigenvalue weighted by Crippen LogP contribution is -2.03. The van der Waals surface area contributed by atoms with Gasteiger partial charge in [0.15, 0.2) is 6.61 Å². The van der Waals surface area contributed by atoms with Gasteiger partial charge in [-0.25, -0.2) is 4.79 Å². The van der Waals surface area contributed by atoms with Crippen LogP contribution in [0.5, 0.6) is 0 Å². The van der Waals surface area contributed by atoms with Crippen LogP contribution in [0.4, 0.5) is 0 Å². The van der Waals surface area contributed by atoms with Gasteiger partial charge >= 0.3 is 5.97 Å². The Kier molecular flexibility index (Phi) is 3.81. The summed E-state index contributed by atoms with van der Waals surface area (Å²) in [5.41, 5.74) is 1.73. The molecular weight excluding hydrogens is 340 g/mol. The molecule has 1 aromatic carbocycles. The van der Waals surface area contributed by atoms with Crippen LogP contribution < -0.4 is 0 Å². The maximum absolute atomic E-state index is 12.3. The largest absolute Gasteiger partial charge is 0.451 e. The van der Waals surface area contributed by atoms with Crippen molar-refractivity contribution in [2.24, 2.45) is 7.05 Å². The topological polar surface area (TPSA) is 83.0 Å². The Morgan fingerprint density at radius 3 is 2.88 bits per heavy atom. The molecule has 4 rings (SSSR count). The van der Waals surface area contributed by atoms with E-state index in [4.69, 9.17) is 9.26 Å². The van der Waals surface area contributed by atoms with Gasteiger partial charge in [0.05, 0.1) is 5.69 Å². The molecule has 3 aromatic heterocycles. The van der Waals surface area contributed by atoms with Crippen LogP contribution in [-0.4, -0.2) is 25.9 Å². The van der Waals surface area contributed by atoms with Gasteiger partial charge in [-0.1, -0.05) is 35.5 Å². The lowest BCUT2D eigenvalue weighted by Gasteiger charge is -1.98. The minimum Gasteiger partial charge on any atom is -0.451 e. The van der Waals surface area contributed by atoms with Gasteiger partial charge in [-0.2, -0.15) is 10.1 Å². The molecule has 3 heterocycles. The number of benzene rings is 1. The summed E-state index contributed by atoms with van der Waals surface area (Å²) >= 11 is 1.35. The van der Waals surface area contributed by atoms with Gasteiger partial charge in [-0.15, -0.1) is 11.3 Å². The first-order chi connectivity index (χ1) is 12.1. The average Bonchev–Trinajstić information content (AvgIpc) is 3.32. The minimum absolute atomic E-state index is 0.0653. The molecular formula is C17H14N4O3S. The van der Waals surface area contributed by atoms with Crippen LogP contribution in [0, 0.1) is 6.92 Å². The summed E-state index contributed by atoms with van der Waals surface area (Å²) in [6.07, 6.45) is 0. The molecule has 0 saturated heterocycles. The van der Waals surface area contributed by atoms with Crippen molar-refractivity contribution in [3.05, 3.63) is 52.9 Å². The number of aryl methyl sites for hydroxylation is 2. The fraction of sp³-hybridized carbons (Fsp3) is 0.176. The summed E-state index contributed by atoms with van der Waals surface area (Å²) < 4.78 is 12.2. The smallest absolute Gasteiger partial charge is 0.348 e. The number of ether oxygens (including phenoxy) is 1. The molecule has 7 nitrogen and oxygen atoms in total. The number of thiophene rings is 1. The number of hydrogen-bond donors (Lipinski definition) is 0. The summed E-state index contributed by atoms with van der Waals surface area (Å²) in [4.78, 5) is 18.0. The third kappa shape index (κ3) is 2.91. The van der Waals surface area contributed by atoms with Gasteiger partial charge in [0.1, 0.15) is 9.71 Å². The normalized spacial score (nSPS) is 11.1. The highest BCUT2D eigenvalue weighted by molar-refractivity contribution is 7.20. The highest BCUT2D eigenvalue weighted by Crippen LogP contribution is 2.28. The third-order valence-corrected chi connectivity index (χ3v) is 4.91. The molecule has 0 N–H and O–H groups in total. The predicted molar refractivity (Wildman–Crippen MR) is 92.2 cm³/mol. The molecule has 0 atom stereocenters. The molecule has 126 valence electrons. The second-order valence-corrected chi connectivity index (χ2v) is 6.52. The quantitative estimate of drug-likeness (QED) is 0.523. The molecule has 25 heavy (non-hydrogen) atoms. The SMILES string of the molecule is Cc1nn(C)c2sc(C(=O)OCc3nc(-c4ccccc4)no3)cc12. The summed E-state index contributed by atoms with van der Waals surface area (Å²) in [5.74, 6) is 0.307. The average molecular weight is 354 g/mol. The van der Waals surface area contributed by atoms with Crippen LogP contribution in [0.25, 0.3) is 21.6 Å². The van der Waals surface area contributed by atoms with E-state index in [1.165, 1.54) is 11.3 Å². The fourth-order valence-electron chi connectivity index (χ4n) is 2.52. The molecule has 0 unspecified atom stereocenters. The Morgan fingerprint density at radius 2 is 2.12 bits per heavy atom. The molecule has 0 bridgehead atoms. The lowest BCUT2D eigenvalue weighted by atomic mass is 10.2. The maximum atomic E-state index is 12.3. The first kappa shape index (κ1) is 15.5. The number of esters is 1. The van der Waals surface area contributed by atoms with Gasteiger partial charge in [0, 0.05) is 18.0 Å². The Morgan fingerprint density at radius 1 is 1.32 bits per heavy atom. The molecule has 0 saturated carbocycles. The van der Waals surface area contributed by atoms with Crippen LogP contribution in [-0.2, 0) is 18.4 Å². The Bertz CT molecular complexity index is 1010. The van der Waals surface area contributed by atoms with Gasteiger partial charge < -0.3 is 9.26 Å². The summed E-state index contributed by atoms with van der Waals surface area (Å²) in [6.45, 7) is 1.85. The molecule has 0 aliphatic rings. The number of fused-ring (bicyclic) bond motifs is 1. The molecule has 0 amide bonds. The fourth-order valence-corrected chi connectivity index (χ4v) is 3.54. The van der Waals surface area contributed by atoms with Crippen LogP contribution in [0.3, 0.4) is 0 Å². The first-order valence-electron chi connectivity index (χ1n) is 7.60. The molecule has 0 fully saturated rings. The van der Waals surface area contributed by atoms with Gasteiger partial charge in [0.2, 0.25) is 5.82 Å². The summed E-state index contributed by atoms with van der Waals surface area (Å²) in [6, 6.07) is 11.3. The van der Waals surface area contributed by atoms with Gasteiger partial charge in [-0.3, -0.25) is 4.68 Å². The zero-order chi connectivity index (χ0) is 17.4. The van der Waals surface area contributed by atoms with Crippen molar-refractivity contribution in [3.63, 3.8) is 0 Å². The van der Waals surface area contributed by atoms with E-state index in [9.17, 15) is 4.79 Å². The summed E-state index contributed by atoms with van der Waals surface area (Å²) in [7, 11) is 1.85. The van der Waals surface area contributed by atoms with E-state index < -0.39 is 5.97 Å². The third-order valence-electron chi connectivity index (χ3n) is 3.72. The molecule has 4 aromatic rings. The van der Waals surface area contributed by atoms with Gasteiger partial charge in [-0.05, 0) is 13.0 Å². The van der Waals surface area contributed by atoms with Crippen molar-refractivity contribution in [3.8, 4) is 11.4 Å². The number of carbonyl (C=O) groups excluding carboxylic acids is 1. The Balaban J connectivity index is 1.46. The number of rotatable bonds is 4. The molecule has 0 aliphatic carbocycles. The second kappa shape index (κ2) is 6.14. The second-order valence-electron chi connectivity index (χ2n) is 5.49. The first-order valence-corrected chi connectivity index (χ1v) is 8.42. The minimum atomic E-state index is -0.417. The van der Waals surface area contributed by atoms with E-state index in [0.29, 0.717) is 10.7 Å². The van der Waals surface area contributed by atoms with Crippen LogP contribution >= 0.6 is 11.3 Å². The lowest BCUT2D eigenvalue weighted by molar-refractivity contribution is 0.0435. The zero-order valence-corrected chi connectivity index (χ0v) is 14.4. The van der Waals surface area contributed by atoms with E-state index in [1.807, 2.05) is 44.3 Å². The van der Waals surface area contributed by atoms with E-state index in [1.54, 1.807) is 10.7 Å². The molecule has 8 heteroatoms. The molecule has 0 spiro atoms. The molecule has 0 radical (unpaired) electrons. The zero-order valence-electron chi connectivity index (χ0n) is 13.6. The predicted octanol–water partition coefficient (Wildman–Crippen LogP) is 3.35. The number of carbonyl (C=O) groups is 1. The van der Waals surface area contributed by atoms with Crippen LogP contribution in [0.15, 0.2) is 40.9 Å². The van der Waals surface area contributed by atoms with E-state index >= 15 is 0 Å². The molecule has 0 aliphatic heterocycles. The standard InChI is InChI=1S/C17H14N4O3S/c1-10-12-8-13(25-16(12)21(2)19-10)17(22)23-9-14-18-15(20-24-14)11-6-4-3-5-7-11/h3-8H,9H2,1-2H3. The van der Waals surface area contributed by atoms with Crippen molar-refractivity contribution >= 4 is 27.5 Å². The van der Waals surface area contributed by atoms with Crippen molar-refractivity contribution in [2.45, 2.75) is 13.5 Å². The maximum Gasteiger partial charge on any atom is 0.348 e. The van der Waals surface area contributed by atoms with Crippen LogP contribution in [0.1, 0.15) is 21.3 Å². The number of nitrogens with zero attached hydrogens (tertiary/aromatic N) is 4. The van der Waals surface area contributed by atoms with Crippen molar-refractivity contribution in [2.75, 3.05) is 0 Å². The van der Waals surface area contributed by atoms with Crippen molar-refractivity contribution in [1.29, 1.82) is 0 Å². The number of aromatic nitrogens is 4. The Hall–Kier alpha value is -3.00. The van der Waals surface area contributed by atoms with Crippen LogP contribution in [0.2, 0.25) is 0 Å². The van der Waals surface area contributed by atoms with E-state index in [2.05, 4.69) is 15.2 Å². The number of hydrogen-bond acceptors (Lipinski definition) is 7. The van der Waals surface area contributed by atoms with E-state index in [-0.39, 0.29) is 12.5 Å². The van der Waals surface area contributed by atoms with Crippen molar-refractivity contribution < 1.29 is 14.1 Å². The summed E-state index contributed by atoms with van der Waals surface area (Å²) in [5, 5.41) is 9.18. The highest BCUT2D eigenvalue weighted by Gasteiger charge is 2.17. The Labute approximate surface area is 146 Å². The monoisotopic (exact) mass is 354 g/mol. The highest BCUT2D eigenvalue weighted by atomic mass is 32.1.